The summed E-state index contributed by atoms with van der Waals surface area (Å²) in [5.74, 6) is 5.26. The quantitative estimate of drug-likeness (QED) is 0.428. The van der Waals surface area contributed by atoms with Crippen molar-refractivity contribution in [1.82, 2.24) is 0 Å². The second-order valence-electron chi connectivity index (χ2n) is 12.6. The van der Waals surface area contributed by atoms with Crippen molar-refractivity contribution in [3.05, 3.63) is 11.6 Å². The van der Waals surface area contributed by atoms with Crippen molar-refractivity contribution in [3.8, 4) is 0 Å². The SMILES string of the molecule is C[C@H]1CCC2=[N+](C1)[C@H]1C[C@H]3[C@@H]4CC=C5C[C@@H](O)CC[C@]5(C)[C@H]4CC[C@]3(C)[C@H]1[C@@H]2C. The molecular formula is C27H42NO+. The first-order valence-corrected chi connectivity index (χ1v) is 12.8. The highest BCUT2D eigenvalue weighted by Crippen LogP contribution is 2.68. The van der Waals surface area contributed by atoms with Gasteiger partial charge in [-0.2, -0.15) is 0 Å². The van der Waals surface area contributed by atoms with E-state index >= 15 is 0 Å². The van der Waals surface area contributed by atoms with Gasteiger partial charge < -0.3 is 5.11 Å². The Labute approximate surface area is 177 Å². The molecule has 0 aromatic heterocycles. The molecule has 0 spiro atoms. The largest absolute Gasteiger partial charge is 0.393 e. The Morgan fingerprint density at radius 3 is 2.72 bits per heavy atom. The molecule has 4 aliphatic carbocycles. The summed E-state index contributed by atoms with van der Waals surface area (Å²) in [6.07, 6.45) is 14.1. The standard InChI is InChI=1S/C27H42NO/c1-16-5-8-23-17(2)25-24(28(23)15-16)14-22-20-7-6-18-13-19(29)9-11-26(18,3)21(20)10-12-27(22,25)4/h6,16-17,19-22,24-25,29H,5,7-15H2,1-4H3/q+1/t16-,17+,19-,20+,21-,22-,24-,25-,26-,27-/m0/s1. The molecule has 2 heterocycles. The van der Waals surface area contributed by atoms with Crippen molar-refractivity contribution in [3.63, 3.8) is 0 Å². The van der Waals surface area contributed by atoms with Crippen LogP contribution >= 0.6 is 0 Å². The second-order valence-corrected chi connectivity index (χ2v) is 12.6. The molecule has 0 amide bonds. The highest BCUT2D eigenvalue weighted by atomic mass is 16.3. The van der Waals surface area contributed by atoms with Crippen LogP contribution in [0.2, 0.25) is 0 Å². The van der Waals surface area contributed by atoms with Crippen molar-refractivity contribution in [2.75, 3.05) is 6.54 Å². The van der Waals surface area contributed by atoms with Crippen molar-refractivity contribution >= 4 is 5.71 Å². The van der Waals surface area contributed by atoms with E-state index in [9.17, 15) is 5.11 Å². The van der Waals surface area contributed by atoms with Gasteiger partial charge in [0.25, 0.3) is 0 Å². The number of aliphatic hydroxyl groups excluding tert-OH is 1. The van der Waals surface area contributed by atoms with E-state index < -0.39 is 0 Å². The summed E-state index contributed by atoms with van der Waals surface area (Å²) in [5.41, 5.74) is 4.38. The van der Waals surface area contributed by atoms with E-state index in [0.29, 0.717) is 10.8 Å². The number of nitrogens with zero attached hydrogens (tertiary/aromatic N) is 1. The average molecular weight is 397 g/mol. The fourth-order valence-corrected chi connectivity index (χ4v) is 10.0. The zero-order valence-electron chi connectivity index (χ0n) is 19.2. The number of aliphatic hydroxyl groups is 1. The lowest BCUT2D eigenvalue weighted by Crippen LogP contribution is -2.51. The van der Waals surface area contributed by atoms with Gasteiger partial charge in [-0.25, -0.2) is 4.58 Å². The third kappa shape index (κ3) is 2.42. The van der Waals surface area contributed by atoms with Gasteiger partial charge in [0, 0.05) is 30.6 Å². The van der Waals surface area contributed by atoms with Crippen molar-refractivity contribution in [2.24, 2.45) is 46.3 Å². The van der Waals surface area contributed by atoms with Gasteiger partial charge in [0.05, 0.1) is 6.10 Å². The van der Waals surface area contributed by atoms with E-state index in [1.165, 1.54) is 51.5 Å². The smallest absolute Gasteiger partial charge is 0.157 e. The maximum atomic E-state index is 10.3. The van der Waals surface area contributed by atoms with Crippen LogP contribution in [-0.4, -0.2) is 34.1 Å². The van der Waals surface area contributed by atoms with Gasteiger partial charge in [-0.1, -0.05) is 39.3 Å². The summed E-state index contributed by atoms with van der Waals surface area (Å²) in [7, 11) is 0. The molecule has 6 aliphatic rings. The first kappa shape index (κ1) is 19.1. The van der Waals surface area contributed by atoms with E-state index in [0.717, 1.165) is 54.4 Å². The molecular weight excluding hydrogens is 354 g/mol. The van der Waals surface area contributed by atoms with E-state index in [1.54, 1.807) is 5.57 Å². The van der Waals surface area contributed by atoms with Crippen molar-refractivity contribution < 1.29 is 9.68 Å². The van der Waals surface area contributed by atoms with Crippen LogP contribution in [0.3, 0.4) is 0 Å². The summed E-state index contributed by atoms with van der Waals surface area (Å²) in [5, 5.41) is 10.3. The number of fused-ring (bicyclic) bond motifs is 8. The molecule has 1 N–H and O–H groups in total. The predicted molar refractivity (Wildman–Crippen MR) is 118 cm³/mol. The van der Waals surface area contributed by atoms with E-state index in [4.69, 9.17) is 0 Å². The number of hydrogen-bond donors (Lipinski definition) is 1. The lowest BCUT2D eigenvalue weighted by molar-refractivity contribution is -0.573. The van der Waals surface area contributed by atoms with Crippen LogP contribution in [0.15, 0.2) is 11.6 Å². The van der Waals surface area contributed by atoms with Gasteiger partial charge in [-0.15, -0.1) is 0 Å². The van der Waals surface area contributed by atoms with Gasteiger partial charge in [-0.3, -0.25) is 0 Å². The third-order valence-electron chi connectivity index (χ3n) is 11.4. The molecule has 10 atom stereocenters. The van der Waals surface area contributed by atoms with Gasteiger partial charge in [-0.05, 0) is 73.5 Å². The van der Waals surface area contributed by atoms with E-state index in [-0.39, 0.29) is 6.10 Å². The second kappa shape index (κ2) is 6.21. The molecule has 2 aliphatic heterocycles. The Balaban J connectivity index is 1.35. The monoisotopic (exact) mass is 396 g/mol. The Hall–Kier alpha value is -0.630. The molecule has 2 nitrogen and oxygen atoms in total. The normalized spacial score (nSPS) is 56.1. The molecule has 2 heteroatoms. The molecule has 0 saturated heterocycles. The first-order chi connectivity index (χ1) is 13.8. The molecule has 29 heavy (non-hydrogen) atoms. The summed E-state index contributed by atoms with van der Waals surface area (Å²) in [6, 6.07) is 0.836. The summed E-state index contributed by atoms with van der Waals surface area (Å²) in [4.78, 5) is 0. The first-order valence-electron chi connectivity index (χ1n) is 12.8. The van der Waals surface area contributed by atoms with Crippen LogP contribution in [0.4, 0.5) is 0 Å². The minimum atomic E-state index is -0.0820. The molecule has 160 valence electrons. The third-order valence-corrected chi connectivity index (χ3v) is 11.4. The predicted octanol–water partition coefficient (Wildman–Crippen LogP) is 5.44. The fourth-order valence-electron chi connectivity index (χ4n) is 10.0. The molecule has 0 bridgehead atoms. The molecule has 0 radical (unpaired) electrons. The van der Waals surface area contributed by atoms with Crippen molar-refractivity contribution in [2.45, 2.75) is 97.6 Å². The molecule has 0 aromatic carbocycles. The Kier molecular flexibility index (Phi) is 4.09. The molecule has 3 fully saturated rings. The fraction of sp³-hybridized carbons (Fsp3) is 0.889. The Bertz CT molecular complexity index is 781. The zero-order chi connectivity index (χ0) is 20.1. The Morgan fingerprint density at radius 1 is 1.07 bits per heavy atom. The maximum Gasteiger partial charge on any atom is 0.157 e. The van der Waals surface area contributed by atoms with Gasteiger partial charge in [0.1, 0.15) is 6.54 Å². The summed E-state index contributed by atoms with van der Waals surface area (Å²) in [6.45, 7) is 11.7. The molecule has 0 unspecified atom stereocenters. The average Bonchev–Trinajstić information content (AvgIpc) is 3.15. The Morgan fingerprint density at radius 2 is 1.90 bits per heavy atom. The topological polar surface area (TPSA) is 23.2 Å². The molecule has 6 rings (SSSR count). The van der Waals surface area contributed by atoms with Crippen LogP contribution in [0.5, 0.6) is 0 Å². The lowest BCUT2D eigenvalue weighted by Gasteiger charge is -2.58. The minimum absolute atomic E-state index is 0.0820. The highest BCUT2D eigenvalue weighted by molar-refractivity contribution is 5.84. The lowest BCUT2D eigenvalue weighted by atomic mass is 9.47. The zero-order valence-corrected chi connectivity index (χ0v) is 19.2. The van der Waals surface area contributed by atoms with Gasteiger partial charge in [0.2, 0.25) is 0 Å². The molecule has 0 aromatic rings. The van der Waals surface area contributed by atoms with Crippen LogP contribution < -0.4 is 0 Å². The number of allylic oxidation sites excluding steroid dienone is 1. The molecule has 3 saturated carbocycles. The van der Waals surface area contributed by atoms with Crippen LogP contribution in [0.25, 0.3) is 0 Å². The number of hydrogen-bond acceptors (Lipinski definition) is 1. The van der Waals surface area contributed by atoms with Crippen LogP contribution in [-0.2, 0) is 0 Å². The van der Waals surface area contributed by atoms with E-state index in [1.807, 2.05) is 5.71 Å². The van der Waals surface area contributed by atoms with E-state index in [2.05, 4.69) is 38.3 Å². The van der Waals surface area contributed by atoms with Crippen LogP contribution in [0, 0.1) is 46.3 Å². The van der Waals surface area contributed by atoms with Gasteiger partial charge in [0.15, 0.2) is 11.8 Å². The maximum absolute atomic E-state index is 10.3. The number of rotatable bonds is 0. The van der Waals surface area contributed by atoms with Crippen molar-refractivity contribution in [1.29, 1.82) is 0 Å². The van der Waals surface area contributed by atoms with Gasteiger partial charge >= 0.3 is 0 Å². The summed E-state index contributed by atoms with van der Waals surface area (Å²) < 4.78 is 2.94. The van der Waals surface area contributed by atoms with Crippen LogP contribution in [0.1, 0.15) is 85.5 Å². The highest BCUT2D eigenvalue weighted by Gasteiger charge is 2.67. The minimum Gasteiger partial charge on any atom is -0.393 e. The summed E-state index contributed by atoms with van der Waals surface area (Å²) >= 11 is 0.